The van der Waals surface area contributed by atoms with Crippen molar-refractivity contribution >= 4 is 5.82 Å². The van der Waals surface area contributed by atoms with Crippen molar-refractivity contribution in [3.8, 4) is 0 Å². The third kappa shape index (κ3) is 4.14. The van der Waals surface area contributed by atoms with Gasteiger partial charge in [-0.05, 0) is 12.3 Å². The molecule has 0 amide bonds. The van der Waals surface area contributed by atoms with E-state index in [0.717, 1.165) is 30.2 Å². The molecule has 0 unspecified atom stereocenters. The van der Waals surface area contributed by atoms with Gasteiger partial charge in [0.2, 0.25) is 0 Å². The van der Waals surface area contributed by atoms with Crippen molar-refractivity contribution < 1.29 is 4.74 Å². The summed E-state index contributed by atoms with van der Waals surface area (Å²) in [6, 6.07) is 1.92. The summed E-state index contributed by atoms with van der Waals surface area (Å²) in [5.74, 6) is 2.43. The van der Waals surface area contributed by atoms with Crippen molar-refractivity contribution in [2.45, 2.75) is 33.3 Å². The molecule has 0 aliphatic rings. The molecule has 4 nitrogen and oxygen atoms in total. The average Bonchev–Trinajstić information content (AvgIpc) is 2.26. The fourth-order valence-corrected chi connectivity index (χ4v) is 1.43. The van der Waals surface area contributed by atoms with E-state index in [1.807, 2.05) is 13.1 Å². The van der Waals surface area contributed by atoms with E-state index in [2.05, 4.69) is 29.1 Å². The van der Waals surface area contributed by atoms with E-state index < -0.39 is 0 Å². The molecule has 1 aromatic heterocycles. The standard InChI is InChI=1S/C12H21N3O/c1-9(2)5-6-11-14-10(8-16-4)7-12(13-3)15-11/h7,9H,5-6,8H2,1-4H3,(H,13,14,15). The topological polar surface area (TPSA) is 47.0 Å². The van der Waals surface area contributed by atoms with Gasteiger partial charge in [-0.2, -0.15) is 0 Å². The number of rotatable bonds is 6. The second kappa shape index (κ2) is 6.43. The highest BCUT2D eigenvalue weighted by molar-refractivity contribution is 5.35. The zero-order valence-corrected chi connectivity index (χ0v) is 10.6. The molecule has 16 heavy (non-hydrogen) atoms. The van der Waals surface area contributed by atoms with Crippen LogP contribution in [-0.4, -0.2) is 24.1 Å². The first-order valence-electron chi connectivity index (χ1n) is 5.69. The van der Waals surface area contributed by atoms with Crippen LogP contribution in [0.3, 0.4) is 0 Å². The molecule has 1 N–H and O–H groups in total. The van der Waals surface area contributed by atoms with Gasteiger partial charge in [0.05, 0.1) is 12.3 Å². The first kappa shape index (κ1) is 12.9. The van der Waals surface area contributed by atoms with Crippen LogP contribution in [0.25, 0.3) is 0 Å². The lowest BCUT2D eigenvalue weighted by Gasteiger charge is -2.08. The van der Waals surface area contributed by atoms with Gasteiger partial charge in [0, 0.05) is 26.6 Å². The van der Waals surface area contributed by atoms with Crippen LogP contribution < -0.4 is 5.32 Å². The van der Waals surface area contributed by atoms with E-state index in [9.17, 15) is 0 Å². The second-order valence-corrected chi connectivity index (χ2v) is 4.28. The Morgan fingerprint density at radius 1 is 1.38 bits per heavy atom. The summed E-state index contributed by atoms with van der Waals surface area (Å²) in [6.45, 7) is 4.95. The van der Waals surface area contributed by atoms with Gasteiger partial charge in [-0.3, -0.25) is 0 Å². The molecule has 0 spiro atoms. The molecule has 0 saturated carbocycles. The molecule has 0 atom stereocenters. The fourth-order valence-electron chi connectivity index (χ4n) is 1.43. The lowest BCUT2D eigenvalue weighted by Crippen LogP contribution is -2.05. The summed E-state index contributed by atoms with van der Waals surface area (Å²) in [5, 5.41) is 3.05. The van der Waals surface area contributed by atoms with Gasteiger partial charge in [-0.1, -0.05) is 13.8 Å². The number of hydrogen-bond donors (Lipinski definition) is 1. The lowest BCUT2D eigenvalue weighted by molar-refractivity contribution is 0.181. The molecule has 0 aromatic carbocycles. The molecule has 4 heteroatoms. The Balaban J connectivity index is 2.77. The van der Waals surface area contributed by atoms with Crippen LogP contribution in [-0.2, 0) is 17.8 Å². The summed E-state index contributed by atoms with van der Waals surface area (Å²) in [4.78, 5) is 8.90. The van der Waals surface area contributed by atoms with Crippen molar-refractivity contribution in [3.63, 3.8) is 0 Å². The van der Waals surface area contributed by atoms with E-state index in [1.165, 1.54) is 0 Å². The lowest BCUT2D eigenvalue weighted by atomic mass is 10.1. The van der Waals surface area contributed by atoms with Crippen LogP contribution in [0.5, 0.6) is 0 Å². The maximum atomic E-state index is 5.09. The minimum Gasteiger partial charge on any atom is -0.378 e. The number of hydrogen-bond acceptors (Lipinski definition) is 4. The Bertz CT molecular complexity index is 326. The maximum absolute atomic E-state index is 5.09. The smallest absolute Gasteiger partial charge is 0.131 e. The SMILES string of the molecule is CNc1cc(COC)nc(CCC(C)C)n1. The van der Waals surface area contributed by atoms with Crippen LogP contribution in [0.4, 0.5) is 5.82 Å². The summed E-state index contributed by atoms with van der Waals surface area (Å²) in [5.41, 5.74) is 0.931. The monoisotopic (exact) mass is 223 g/mol. The zero-order chi connectivity index (χ0) is 12.0. The molecule has 0 saturated heterocycles. The number of aromatic nitrogens is 2. The van der Waals surface area contributed by atoms with Crippen molar-refractivity contribution in [3.05, 3.63) is 17.6 Å². The van der Waals surface area contributed by atoms with Crippen LogP contribution in [0, 0.1) is 5.92 Å². The third-order valence-electron chi connectivity index (χ3n) is 2.32. The molecule has 0 aliphatic heterocycles. The van der Waals surface area contributed by atoms with Gasteiger partial charge >= 0.3 is 0 Å². The summed E-state index contributed by atoms with van der Waals surface area (Å²) in [6.07, 6.45) is 2.03. The molecule has 0 bridgehead atoms. The van der Waals surface area contributed by atoms with Gasteiger partial charge in [0.25, 0.3) is 0 Å². The van der Waals surface area contributed by atoms with Gasteiger partial charge in [0.1, 0.15) is 11.6 Å². The Kier molecular flexibility index (Phi) is 5.19. The summed E-state index contributed by atoms with van der Waals surface area (Å²) >= 11 is 0. The highest BCUT2D eigenvalue weighted by Gasteiger charge is 2.05. The average molecular weight is 223 g/mol. The minimum absolute atomic E-state index is 0.534. The molecule has 0 fully saturated rings. The highest BCUT2D eigenvalue weighted by atomic mass is 16.5. The number of anilines is 1. The maximum Gasteiger partial charge on any atom is 0.131 e. The van der Waals surface area contributed by atoms with Gasteiger partial charge < -0.3 is 10.1 Å². The first-order chi connectivity index (χ1) is 7.65. The van der Waals surface area contributed by atoms with E-state index in [0.29, 0.717) is 12.5 Å². The second-order valence-electron chi connectivity index (χ2n) is 4.28. The molecular weight excluding hydrogens is 202 g/mol. The van der Waals surface area contributed by atoms with Crippen molar-refractivity contribution in [1.29, 1.82) is 0 Å². The largest absolute Gasteiger partial charge is 0.378 e. The number of nitrogens with zero attached hydrogens (tertiary/aromatic N) is 2. The Morgan fingerprint density at radius 2 is 2.12 bits per heavy atom. The third-order valence-corrected chi connectivity index (χ3v) is 2.32. The number of ether oxygens (including phenoxy) is 1. The van der Waals surface area contributed by atoms with Gasteiger partial charge in [0.15, 0.2) is 0 Å². The quantitative estimate of drug-likeness (QED) is 0.803. The predicted octanol–water partition coefficient (Wildman–Crippen LogP) is 2.25. The van der Waals surface area contributed by atoms with Crippen molar-refractivity contribution in [2.75, 3.05) is 19.5 Å². The van der Waals surface area contributed by atoms with Crippen molar-refractivity contribution in [1.82, 2.24) is 9.97 Å². The normalized spacial score (nSPS) is 10.8. The van der Waals surface area contributed by atoms with E-state index in [1.54, 1.807) is 7.11 Å². The molecule has 1 rings (SSSR count). The number of methoxy groups -OCH3 is 1. The van der Waals surface area contributed by atoms with E-state index in [4.69, 9.17) is 4.74 Å². The Morgan fingerprint density at radius 3 is 2.69 bits per heavy atom. The summed E-state index contributed by atoms with van der Waals surface area (Å²) in [7, 11) is 3.54. The highest BCUT2D eigenvalue weighted by Crippen LogP contribution is 2.11. The Hall–Kier alpha value is -1.16. The van der Waals surface area contributed by atoms with E-state index >= 15 is 0 Å². The van der Waals surface area contributed by atoms with E-state index in [-0.39, 0.29) is 0 Å². The zero-order valence-electron chi connectivity index (χ0n) is 10.6. The van der Waals surface area contributed by atoms with Gasteiger partial charge in [-0.25, -0.2) is 9.97 Å². The summed E-state index contributed by atoms with van der Waals surface area (Å²) < 4.78 is 5.09. The molecule has 0 radical (unpaired) electrons. The molecule has 1 heterocycles. The van der Waals surface area contributed by atoms with Crippen molar-refractivity contribution in [2.24, 2.45) is 5.92 Å². The molecule has 90 valence electrons. The fraction of sp³-hybridized carbons (Fsp3) is 0.667. The number of nitrogens with one attached hydrogen (secondary N) is 1. The molecule has 0 aliphatic carbocycles. The van der Waals surface area contributed by atoms with Crippen LogP contribution >= 0.6 is 0 Å². The first-order valence-corrected chi connectivity index (χ1v) is 5.69. The van der Waals surface area contributed by atoms with Crippen LogP contribution in [0.2, 0.25) is 0 Å². The van der Waals surface area contributed by atoms with Gasteiger partial charge in [-0.15, -0.1) is 0 Å². The minimum atomic E-state index is 0.534. The predicted molar refractivity (Wildman–Crippen MR) is 65.5 cm³/mol. The number of aryl methyl sites for hydroxylation is 1. The van der Waals surface area contributed by atoms with Crippen LogP contribution in [0.15, 0.2) is 6.07 Å². The molecule has 1 aromatic rings. The van der Waals surface area contributed by atoms with Crippen LogP contribution in [0.1, 0.15) is 31.8 Å². The Labute approximate surface area is 97.5 Å². The molecular formula is C12H21N3O.